The van der Waals surface area contributed by atoms with Crippen LogP contribution in [0.2, 0.25) is 0 Å². The van der Waals surface area contributed by atoms with E-state index in [0.717, 1.165) is 12.2 Å². The van der Waals surface area contributed by atoms with E-state index in [2.05, 4.69) is 27.4 Å². The van der Waals surface area contributed by atoms with E-state index < -0.39 is 0 Å². The highest BCUT2D eigenvalue weighted by atomic mass is 16.7. The lowest BCUT2D eigenvalue weighted by Gasteiger charge is -2.35. The molecule has 1 fully saturated rings. The van der Waals surface area contributed by atoms with Crippen LogP contribution < -0.4 is 0 Å². The summed E-state index contributed by atoms with van der Waals surface area (Å²) in [6.07, 6.45) is 1.15. The fourth-order valence-corrected chi connectivity index (χ4v) is 2.09. The van der Waals surface area contributed by atoms with E-state index in [1.54, 1.807) is 0 Å². The minimum absolute atomic E-state index is 0.145. The third-order valence-corrected chi connectivity index (χ3v) is 3.11. The Kier molecular flexibility index (Phi) is 1.77. The molecule has 0 N–H and O–H groups in total. The number of ether oxygens (including phenoxy) is 2. The molecule has 0 aromatic heterocycles. The molecule has 1 heterocycles. The minimum atomic E-state index is 0.145. The van der Waals surface area contributed by atoms with Gasteiger partial charge in [-0.25, -0.2) is 0 Å². The summed E-state index contributed by atoms with van der Waals surface area (Å²) in [5, 5.41) is 0. The Morgan fingerprint density at radius 1 is 1.46 bits per heavy atom. The van der Waals surface area contributed by atoms with Crippen LogP contribution in [0.1, 0.15) is 27.2 Å². The maximum Gasteiger partial charge on any atom is 0.189 e. The normalized spacial score (nSPS) is 31.6. The first kappa shape index (κ1) is 8.82. The predicted octanol–water partition coefficient (Wildman–Crippen LogP) is 2.62. The molecule has 2 heteroatoms. The van der Waals surface area contributed by atoms with Crippen LogP contribution in [-0.2, 0) is 9.47 Å². The maximum absolute atomic E-state index is 5.49. The zero-order valence-electron chi connectivity index (χ0n) is 8.52. The van der Waals surface area contributed by atoms with Gasteiger partial charge in [0.05, 0.1) is 0 Å². The maximum atomic E-state index is 5.49. The first-order valence-corrected chi connectivity index (χ1v) is 4.67. The van der Waals surface area contributed by atoms with Crippen molar-refractivity contribution in [3.63, 3.8) is 0 Å². The van der Waals surface area contributed by atoms with Crippen LogP contribution in [0.25, 0.3) is 0 Å². The summed E-state index contributed by atoms with van der Waals surface area (Å²) >= 11 is 0. The van der Waals surface area contributed by atoms with Gasteiger partial charge >= 0.3 is 0 Å². The van der Waals surface area contributed by atoms with Gasteiger partial charge in [0.2, 0.25) is 0 Å². The molecule has 13 heavy (non-hydrogen) atoms. The largest absolute Gasteiger partial charge is 0.469 e. The number of hydrogen-bond acceptors (Lipinski definition) is 2. The molecule has 2 rings (SSSR count). The number of rotatable bonds is 0. The summed E-state index contributed by atoms with van der Waals surface area (Å²) in [4.78, 5) is 0. The second kappa shape index (κ2) is 2.61. The van der Waals surface area contributed by atoms with Crippen LogP contribution >= 0.6 is 0 Å². The minimum Gasteiger partial charge on any atom is -0.469 e. The molecular weight excluding hydrogens is 164 g/mol. The Morgan fingerprint density at radius 2 is 2.15 bits per heavy atom. The van der Waals surface area contributed by atoms with E-state index in [0.29, 0.717) is 6.79 Å². The summed E-state index contributed by atoms with van der Waals surface area (Å²) in [5.41, 5.74) is 2.51. The van der Waals surface area contributed by atoms with Crippen molar-refractivity contribution >= 4 is 0 Å². The molecule has 1 aliphatic carbocycles. The molecule has 1 saturated heterocycles. The molecule has 0 saturated carbocycles. The van der Waals surface area contributed by atoms with Crippen molar-refractivity contribution in [2.24, 2.45) is 5.41 Å². The van der Waals surface area contributed by atoms with Crippen LogP contribution in [0, 0.1) is 5.41 Å². The highest BCUT2D eigenvalue weighted by Gasteiger charge is 2.39. The molecule has 1 aliphatic heterocycles. The predicted molar refractivity (Wildman–Crippen MR) is 51.1 cm³/mol. The smallest absolute Gasteiger partial charge is 0.189 e. The standard InChI is InChI=1S/C11H16O2/c1-7-8(2)11(3,4)5-9-10(7)13-6-12-9/h9H,2,5-6H2,1,3-4H3. The van der Waals surface area contributed by atoms with Crippen molar-refractivity contribution < 1.29 is 9.47 Å². The third kappa shape index (κ3) is 1.20. The quantitative estimate of drug-likeness (QED) is 0.570. The molecule has 0 spiro atoms. The number of fused-ring (bicyclic) bond motifs is 1. The van der Waals surface area contributed by atoms with E-state index in [4.69, 9.17) is 9.47 Å². The average Bonchev–Trinajstić information content (AvgIpc) is 2.47. The zero-order valence-corrected chi connectivity index (χ0v) is 8.52. The number of allylic oxidation sites excluding steroid dienone is 2. The lowest BCUT2D eigenvalue weighted by Crippen LogP contribution is -2.29. The van der Waals surface area contributed by atoms with Gasteiger partial charge in [-0.05, 0) is 29.9 Å². The van der Waals surface area contributed by atoms with Gasteiger partial charge in [0.1, 0.15) is 11.9 Å². The van der Waals surface area contributed by atoms with E-state index in [9.17, 15) is 0 Å². The molecule has 0 radical (unpaired) electrons. The van der Waals surface area contributed by atoms with Crippen molar-refractivity contribution in [2.75, 3.05) is 6.79 Å². The van der Waals surface area contributed by atoms with Crippen LogP contribution in [0.5, 0.6) is 0 Å². The fraction of sp³-hybridized carbons (Fsp3) is 0.636. The summed E-state index contributed by atoms with van der Waals surface area (Å²) in [6, 6.07) is 0. The number of hydrogen-bond donors (Lipinski definition) is 0. The fourth-order valence-electron chi connectivity index (χ4n) is 2.09. The molecule has 1 unspecified atom stereocenters. The lowest BCUT2D eigenvalue weighted by molar-refractivity contribution is 0.0385. The summed E-state index contributed by atoms with van der Waals surface area (Å²) < 4.78 is 10.9. The molecule has 0 aromatic carbocycles. The molecule has 0 aromatic rings. The first-order chi connectivity index (χ1) is 6.02. The van der Waals surface area contributed by atoms with Crippen molar-refractivity contribution in [3.8, 4) is 0 Å². The first-order valence-electron chi connectivity index (χ1n) is 4.67. The van der Waals surface area contributed by atoms with E-state index in [-0.39, 0.29) is 11.5 Å². The Morgan fingerprint density at radius 3 is 2.85 bits per heavy atom. The second-order valence-corrected chi connectivity index (χ2v) is 4.47. The van der Waals surface area contributed by atoms with Gasteiger partial charge in [0.15, 0.2) is 6.79 Å². The van der Waals surface area contributed by atoms with Crippen LogP contribution in [0.15, 0.2) is 23.5 Å². The van der Waals surface area contributed by atoms with Crippen molar-refractivity contribution in [1.29, 1.82) is 0 Å². The summed E-state index contributed by atoms with van der Waals surface area (Å²) in [5.74, 6) is 1.00. The Balaban J connectivity index is 2.42. The highest BCUT2D eigenvalue weighted by molar-refractivity contribution is 5.39. The second-order valence-electron chi connectivity index (χ2n) is 4.47. The van der Waals surface area contributed by atoms with Gasteiger partial charge in [0, 0.05) is 0 Å². The SMILES string of the molecule is C=C1C(C)=C2OCOC2CC1(C)C. The molecule has 1 atom stereocenters. The molecule has 2 aliphatic rings. The van der Waals surface area contributed by atoms with Crippen molar-refractivity contribution in [1.82, 2.24) is 0 Å². The average molecular weight is 180 g/mol. The van der Waals surface area contributed by atoms with Crippen LogP contribution in [0.4, 0.5) is 0 Å². The van der Waals surface area contributed by atoms with E-state index >= 15 is 0 Å². The van der Waals surface area contributed by atoms with Crippen LogP contribution in [-0.4, -0.2) is 12.9 Å². The van der Waals surface area contributed by atoms with E-state index in [1.165, 1.54) is 11.1 Å². The third-order valence-electron chi connectivity index (χ3n) is 3.11. The van der Waals surface area contributed by atoms with Crippen LogP contribution in [0.3, 0.4) is 0 Å². The van der Waals surface area contributed by atoms with Gasteiger partial charge in [0.25, 0.3) is 0 Å². The molecule has 2 nitrogen and oxygen atoms in total. The molecular formula is C11H16O2. The Hall–Kier alpha value is -0.760. The van der Waals surface area contributed by atoms with Gasteiger partial charge in [-0.15, -0.1) is 0 Å². The molecule has 0 amide bonds. The van der Waals surface area contributed by atoms with Crippen molar-refractivity contribution in [2.45, 2.75) is 33.3 Å². The van der Waals surface area contributed by atoms with Gasteiger partial charge in [-0.2, -0.15) is 0 Å². The Labute approximate surface area is 79.2 Å². The van der Waals surface area contributed by atoms with Gasteiger partial charge < -0.3 is 9.47 Å². The van der Waals surface area contributed by atoms with Gasteiger partial charge in [-0.3, -0.25) is 0 Å². The lowest BCUT2D eigenvalue weighted by atomic mass is 9.72. The highest BCUT2D eigenvalue weighted by Crippen LogP contribution is 2.45. The monoisotopic (exact) mass is 180 g/mol. The Bertz CT molecular complexity index is 286. The van der Waals surface area contributed by atoms with Crippen molar-refractivity contribution in [3.05, 3.63) is 23.5 Å². The van der Waals surface area contributed by atoms with E-state index in [1.807, 2.05) is 0 Å². The molecule has 0 bridgehead atoms. The summed E-state index contributed by atoms with van der Waals surface area (Å²) in [6.45, 7) is 11.0. The summed E-state index contributed by atoms with van der Waals surface area (Å²) in [7, 11) is 0. The zero-order chi connectivity index (χ0) is 9.64. The molecule has 72 valence electrons. The van der Waals surface area contributed by atoms with Gasteiger partial charge in [-0.1, -0.05) is 20.4 Å². The topological polar surface area (TPSA) is 18.5 Å².